The molecule has 0 aromatic carbocycles. The van der Waals surface area contributed by atoms with Gasteiger partial charge in [-0.05, 0) is 71.0 Å². The van der Waals surface area contributed by atoms with Crippen LogP contribution in [-0.4, -0.2) is 42.5 Å². The van der Waals surface area contributed by atoms with E-state index in [1.165, 1.54) is 45.2 Å². The van der Waals surface area contributed by atoms with Crippen molar-refractivity contribution in [2.24, 2.45) is 11.7 Å². The molecule has 0 spiro atoms. The molecule has 2 fully saturated rings. The minimum Gasteiger partial charge on any atom is -0.368 e. The van der Waals surface area contributed by atoms with Crippen LogP contribution in [0, 0.1) is 5.92 Å². The van der Waals surface area contributed by atoms with E-state index in [0.29, 0.717) is 6.04 Å². The highest BCUT2D eigenvalue weighted by Crippen LogP contribution is 2.33. The number of likely N-dealkylation sites (N-methyl/N-ethyl adjacent to an activating group) is 1. The minimum absolute atomic E-state index is 0.175. The van der Waals surface area contributed by atoms with Crippen molar-refractivity contribution in [2.75, 3.05) is 20.1 Å². The molecule has 4 heteroatoms. The van der Waals surface area contributed by atoms with Gasteiger partial charge in [-0.15, -0.1) is 0 Å². The van der Waals surface area contributed by atoms with Gasteiger partial charge in [-0.1, -0.05) is 13.3 Å². The maximum absolute atomic E-state index is 11.8. The summed E-state index contributed by atoms with van der Waals surface area (Å²) >= 11 is 0. The van der Waals surface area contributed by atoms with Gasteiger partial charge in [-0.25, -0.2) is 0 Å². The monoisotopic (exact) mass is 281 g/mol. The zero-order chi connectivity index (χ0) is 14.6. The van der Waals surface area contributed by atoms with Crippen LogP contribution in [0.5, 0.6) is 0 Å². The molecule has 2 aliphatic rings. The highest BCUT2D eigenvalue weighted by atomic mass is 16.1. The average Bonchev–Trinajstić information content (AvgIpc) is 2.72. The van der Waals surface area contributed by atoms with Gasteiger partial charge in [0.1, 0.15) is 0 Å². The van der Waals surface area contributed by atoms with Crippen LogP contribution in [0.2, 0.25) is 0 Å². The van der Waals surface area contributed by atoms with Crippen molar-refractivity contribution in [3.05, 3.63) is 0 Å². The number of amides is 1. The molecule has 0 aromatic heterocycles. The first kappa shape index (κ1) is 15.8. The predicted octanol–water partition coefficient (Wildman–Crippen LogP) is 1.88. The summed E-state index contributed by atoms with van der Waals surface area (Å²) in [6, 6.07) is 0.527. The van der Waals surface area contributed by atoms with E-state index in [2.05, 4.69) is 17.1 Å². The number of carbonyl (C=O) groups excluding carboxylic acids is 1. The fourth-order valence-electron chi connectivity index (χ4n) is 4.09. The Bertz CT molecular complexity index is 334. The standard InChI is InChI=1S/C16H31N3O/c1-3-13-6-5-10-19(11-8-13)14-7-4-9-16(12-14,18-2)15(17)20/h13-14,18H,3-12H2,1-2H3,(H2,17,20). The summed E-state index contributed by atoms with van der Waals surface area (Å²) < 4.78 is 0. The Balaban J connectivity index is 1.99. The molecular weight excluding hydrogens is 250 g/mol. The molecule has 1 amide bonds. The van der Waals surface area contributed by atoms with Crippen LogP contribution in [0.3, 0.4) is 0 Å². The third-order valence-corrected chi connectivity index (χ3v) is 5.65. The Morgan fingerprint density at radius 1 is 1.30 bits per heavy atom. The lowest BCUT2D eigenvalue weighted by molar-refractivity contribution is -0.126. The third-order valence-electron chi connectivity index (χ3n) is 5.65. The van der Waals surface area contributed by atoms with Gasteiger partial charge in [0.05, 0.1) is 5.54 Å². The van der Waals surface area contributed by atoms with Crippen LogP contribution < -0.4 is 11.1 Å². The Labute approximate surface area is 123 Å². The van der Waals surface area contributed by atoms with E-state index in [1.807, 2.05) is 7.05 Å². The molecule has 1 saturated carbocycles. The molecule has 4 nitrogen and oxygen atoms in total. The van der Waals surface area contributed by atoms with Gasteiger partial charge in [-0.2, -0.15) is 0 Å². The number of likely N-dealkylation sites (tertiary alicyclic amines) is 1. The van der Waals surface area contributed by atoms with E-state index in [0.717, 1.165) is 25.2 Å². The van der Waals surface area contributed by atoms with E-state index in [4.69, 9.17) is 5.73 Å². The third kappa shape index (κ3) is 3.34. The zero-order valence-electron chi connectivity index (χ0n) is 13.2. The highest BCUT2D eigenvalue weighted by molar-refractivity contribution is 5.84. The number of hydrogen-bond acceptors (Lipinski definition) is 3. The first-order valence-corrected chi connectivity index (χ1v) is 8.34. The minimum atomic E-state index is -0.473. The highest BCUT2D eigenvalue weighted by Gasteiger charge is 2.41. The van der Waals surface area contributed by atoms with E-state index in [1.54, 1.807) is 0 Å². The number of rotatable bonds is 4. The van der Waals surface area contributed by atoms with Gasteiger partial charge in [-0.3, -0.25) is 4.79 Å². The van der Waals surface area contributed by atoms with Crippen molar-refractivity contribution >= 4 is 5.91 Å². The normalized spacial score (nSPS) is 36.5. The zero-order valence-corrected chi connectivity index (χ0v) is 13.2. The first-order chi connectivity index (χ1) is 9.61. The van der Waals surface area contributed by atoms with E-state index < -0.39 is 5.54 Å². The van der Waals surface area contributed by atoms with Gasteiger partial charge in [0, 0.05) is 6.04 Å². The first-order valence-electron chi connectivity index (χ1n) is 8.34. The van der Waals surface area contributed by atoms with Crippen LogP contribution in [-0.2, 0) is 4.79 Å². The smallest absolute Gasteiger partial charge is 0.237 e. The van der Waals surface area contributed by atoms with Crippen molar-refractivity contribution in [1.82, 2.24) is 10.2 Å². The number of nitrogens with zero attached hydrogens (tertiary/aromatic N) is 1. The second kappa shape index (κ2) is 6.90. The number of hydrogen-bond donors (Lipinski definition) is 2. The second-order valence-electron chi connectivity index (χ2n) is 6.69. The van der Waals surface area contributed by atoms with Gasteiger partial charge in [0.15, 0.2) is 0 Å². The van der Waals surface area contributed by atoms with Crippen molar-refractivity contribution in [1.29, 1.82) is 0 Å². The van der Waals surface area contributed by atoms with Gasteiger partial charge >= 0.3 is 0 Å². The van der Waals surface area contributed by atoms with Crippen LogP contribution in [0.15, 0.2) is 0 Å². The Hall–Kier alpha value is -0.610. The molecule has 0 bridgehead atoms. The molecule has 2 rings (SSSR count). The Morgan fingerprint density at radius 2 is 2.10 bits per heavy atom. The van der Waals surface area contributed by atoms with Gasteiger partial charge in [0.25, 0.3) is 0 Å². The van der Waals surface area contributed by atoms with Crippen molar-refractivity contribution in [3.63, 3.8) is 0 Å². The number of nitrogens with two attached hydrogens (primary N) is 1. The van der Waals surface area contributed by atoms with E-state index in [-0.39, 0.29) is 5.91 Å². The molecule has 0 radical (unpaired) electrons. The maximum Gasteiger partial charge on any atom is 0.237 e. The van der Waals surface area contributed by atoms with Crippen molar-refractivity contribution in [3.8, 4) is 0 Å². The number of nitrogens with one attached hydrogen (secondary N) is 1. The summed E-state index contributed by atoms with van der Waals surface area (Å²) in [7, 11) is 1.88. The van der Waals surface area contributed by atoms with Crippen LogP contribution >= 0.6 is 0 Å². The molecule has 1 saturated heterocycles. The van der Waals surface area contributed by atoms with Crippen LogP contribution in [0.25, 0.3) is 0 Å². The fourth-order valence-corrected chi connectivity index (χ4v) is 4.09. The molecule has 1 heterocycles. The number of primary amides is 1. The molecule has 3 N–H and O–H groups in total. The van der Waals surface area contributed by atoms with E-state index in [9.17, 15) is 4.79 Å². The molecule has 3 unspecified atom stereocenters. The summed E-state index contributed by atoms with van der Waals surface area (Å²) in [5.41, 5.74) is 5.19. The van der Waals surface area contributed by atoms with Gasteiger partial charge < -0.3 is 16.0 Å². The van der Waals surface area contributed by atoms with E-state index >= 15 is 0 Å². The Morgan fingerprint density at radius 3 is 2.75 bits per heavy atom. The topological polar surface area (TPSA) is 58.4 Å². The summed E-state index contributed by atoms with van der Waals surface area (Å²) in [5.74, 6) is 0.722. The second-order valence-corrected chi connectivity index (χ2v) is 6.69. The summed E-state index contributed by atoms with van der Waals surface area (Å²) in [4.78, 5) is 14.5. The molecule has 1 aliphatic carbocycles. The van der Waals surface area contributed by atoms with Crippen LogP contribution in [0.1, 0.15) is 58.3 Å². The average molecular weight is 281 g/mol. The fraction of sp³-hybridized carbons (Fsp3) is 0.938. The van der Waals surface area contributed by atoms with Crippen LogP contribution in [0.4, 0.5) is 0 Å². The lowest BCUT2D eigenvalue weighted by Gasteiger charge is -2.42. The lowest BCUT2D eigenvalue weighted by Crippen LogP contribution is -2.59. The molecule has 20 heavy (non-hydrogen) atoms. The molecule has 116 valence electrons. The summed E-state index contributed by atoms with van der Waals surface area (Å²) in [6.07, 6.45) is 9.38. The molecule has 3 atom stereocenters. The van der Waals surface area contributed by atoms with Crippen molar-refractivity contribution < 1.29 is 4.79 Å². The maximum atomic E-state index is 11.8. The SMILES string of the molecule is CCC1CCCN(C2CCCC(NC)(C(N)=O)C2)CC1. The quantitative estimate of drug-likeness (QED) is 0.827. The summed E-state index contributed by atoms with van der Waals surface area (Å²) in [6.45, 7) is 4.70. The number of carbonyl (C=O) groups is 1. The van der Waals surface area contributed by atoms with Crippen molar-refractivity contribution in [2.45, 2.75) is 69.9 Å². The predicted molar refractivity (Wildman–Crippen MR) is 82.4 cm³/mol. The Kier molecular flexibility index (Phi) is 5.44. The lowest BCUT2D eigenvalue weighted by atomic mass is 9.78. The molecule has 1 aliphatic heterocycles. The largest absolute Gasteiger partial charge is 0.368 e. The van der Waals surface area contributed by atoms with Gasteiger partial charge in [0.2, 0.25) is 5.91 Å². The molecule has 0 aromatic rings. The summed E-state index contributed by atoms with van der Waals surface area (Å²) in [5, 5.41) is 3.22. The molecular formula is C16H31N3O.